The van der Waals surface area contributed by atoms with Crippen LogP contribution in [-0.4, -0.2) is 14.0 Å². The summed E-state index contributed by atoms with van der Waals surface area (Å²) in [4.78, 5) is 0. The maximum Gasteiger partial charge on any atom is 0.190 e. The highest BCUT2D eigenvalue weighted by molar-refractivity contribution is 6.67. The Kier molecular flexibility index (Phi) is 15.8. The van der Waals surface area contributed by atoms with Gasteiger partial charge in [0, 0.05) is 10.2 Å². The van der Waals surface area contributed by atoms with Crippen molar-refractivity contribution in [3.05, 3.63) is 0 Å². The highest BCUT2D eigenvalue weighted by Gasteiger charge is 2.17. The Labute approximate surface area is 144 Å². The summed E-state index contributed by atoms with van der Waals surface area (Å²) in [6.07, 6.45) is 18.1. The van der Waals surface area contributed by atoms with Gasteiger partial charge in [-0.05, 0) is 12.8 Å². The van der Waals surface area contributed by atoms with Gasteiger partial charge in [-0.15, -0.1) is 0 Å². The second kappa shape index (κ2) is 15.0. The van der Waals surface area contributed by atoms with Crippen molar-refractivity contribution in [2.45, 2.75) is 99.7 Å². The molecule has 0 aromatic heterocycles. The van der Waals surface area contributed by atoms with Gasteiger partial charge in [0.2, 0.25) is 0 Å². The van der Waals surface area contributed by atoms with Gasteiger partial charge < -0.3 is 0 Å². The van der Waals surface area contributed by atoms with Crippen molar-refractivity contribution < 1.29 is 0 Å². The summed E-state index contributed by atoms with van der Waals surface area (Å²) in [6.45, 7) is 0. The van der Waals surface area contributed by atoms with Gasteiger partial charge in [0.25, 0.3) is 0 Å². The first kappa shape index (κ1) is 21.1. The van der Waals surface area contributed by atoms with Gasteiger partial charge in [-0.2, -0.15) is 0 Å². The molecule has 0 saturated heterocycles. The predicted octanol–water partition coefficient (Wildman–Crippen LogP) is 7.40. The molecule has 0 saturated carbocycles. The van der Waals surface area contributed by atoms with E-state index in [9.17, 15) is 0 Å². The molecule has 4 heteroatoms. The predicted molar refractivity (Wildman–Crippen MR) is 95.5 cm³/mol. The molecule has 0 aromatic rings. The minimum Gasteiger partial charge on any atom is -0.0837 e. The molecule has 0 aromatic carbocycles. The van der Waals surface area contributed by atoms with Gasteiger partial charge in [-0.3, -0.25) is 0 Å². The fourth-order valence-electron chi connectivity index (χ4n) is 2.39. The van der Waals surface area contributed by atoms with Crippen LogP contribution in [0.15, 0.2) is 0 Å². The molecule has 0 unspecified atom stereocenters. The number of hydrogen-bond donors (Lipinski definition) is 0. The molecule has 0 spiro atoms. The number of halogens is 3. The Morgan fingerprint density at radius 3 is 1.10 bits per heavy atom. The zero-order valence-corrected chi connectivity index (χ0v) is 16.0. The summed E-state index contributed by atoms with van der Waals surface area (Å²) in [5.41, 5.74) is 0. The van der Waals surface area contributed by atoms with E-state index in [2.05, 4.69) is 10.2 Å². The molecule has 0 N–H and O–H groups in total. The van der Waals surface area contributed by atoms with Crippen molar-refractivity contribution in [3.8, 4) is 0 Å². The van der Waals surface area contributed by atoms with Crippen LogP contribution in [0.2, 0.25) is 6.04 Å². The van der Waals surface area contributed by atoms with Crippen molar-refractivity contribution in [1.29, 1.82) is 0 Å². The van der Waals surface area contributed by atoms with Crippen molar-refractivity contribution in [3.63, 3.8) is 0 Å². The standard InChI is InChI=1S/C16H30Cl3Si/c17-16(18,19)14-12-10-8-6-4-2-1-3-5-7-9-11-13-15-20/h1-15H2. The zero-order valence-electron chi connectivity index (χ0n) is 12.7. The van der Waals surface area contributed by atoms with Crippen LogP contribution in [0, 0.1) is 0 Å². The topological polar surface area (TPSA) is 0 Å². The molecule has 20 heavy (non-hydrogen) atoms. The molecule has 0 aliphatic rings. The molecule has 0 aliphatic heterocycles. The molecule has 0 aliphatic carbocycles. The molecule has 0 bridgehead atoms. The summed E-state index contributed by atoms with van der Waals surface area (Å²) in [5.74, 6) is 0. The lowest BCUT2D eigenvalue weighted by molar-refractivity contribution is 0.536. The Morgan fingerprint density at radius 2 is 0.800 bits per heavy atom. The van der Waals surface area contributed by atoms with E-state index in [1.165, 1.54) is 77.0 Å². The lowest BCUT2D eigenvalue weighted by Gasteiger charge is -2.09. The summed E-state index contributed by atoms with van der Waals surface area (Å²) in [7, 11) is 3.52. The smallest absolute Gasteiger partial charge is 0.0837 e. The normalized spacial score (nSPS) is 12.0. The molecule has 0 nitrogen and oxygen atoms in total. The molecule has 119 valence electrons. The summed E-state index contributed by atoms with van der Waals surface area (Å²) in [6, 6.07) is 1.15. The van der Waals surface area contributed by atoms with Crippen molar-refractivity contribution in [1.82, 2.24) is 0 Å². The van der Waals surface area contributed by atoms with Gasteiger partial charge in [0.05, 0.1) is 0 Å². The lowest BCUT2D eigenvalue weighted by Crippen LogP contribution is -2.00. The Bertz CT molecular complexity index is 193. The Morgan fingerprint density at radius 1 is 0.500 bits per heavy atom. The summed E-state index contributed by atoms with van der Waals surface area (Å²) >= 11 is 17.1. The number of rotatable bonds is 14. The fraction of sp³-hybridized carbons (Fsp3) is 1.00. The number of hydrogen-bond acceptors (Lipinski definition) is 0. The van der Waals surface area contributed by atoms with E-state index in [4.69, 9.17) is 34.8 Å². The number of alkyl halides is 3. The van der Waals surface area contributed by atoms with Crippen LogP contribution in [0.1, 0.15) is 89.9 Å². The van der Waals surface area contributed by atoms with E-state index in [-0.39, 0.29) is 0 Å². The van der Waals surface area contributed by atoms with Gasteiger partial charge in [-0.25, -0.2) is 0 Å². The first-order valence-corrected chi connectivity index (χ1v) is 10.1. The van der Waals surface area contributed by atoms with Gasteiger partial charge >= 0.3 is 0 Å². The average Bonchev–Trinajstić information content (AvgIpc) is 2.38. The van der Waals surface area contributed by atoms with E-state index in [0.717, 1.165) is 12.5 Å². The maximum absolute atomic E-state index is 5.71. The van der Waals surface area contributed by atoms with Gasteiger partial charge in [-0.1, -0.05) is 118 Å². The minimum atomic E-state index is -1.05. The van der Waals surface area contributed by atoms with E-state index in [0.29, 0.717) is 6.42 Å². The monoisotopic (exact) mass is 355 g/mol. The van der Waals surface area contributed by atoms with E-state index < -0.39 is 3.79 Å². The third-order valence-corrected chi connectivity index (χ3v) is 4.56. The third-order valence-electron chi connectivity index (χ3n) is 3.64. The van der Waals surface area contributed by atoms with Crippen molar-refractivity contribution >= 4 is 45.0 Å². The van der Waals surface area contributed by atoms with Crippen LogP contribution in [-0.2, 0) is 0 Å². The summed E-state index contributed by atoms with van der Waals surface area (Å²) < 4.78 is -1.05. The van der Waals surface area contributed by atoms with E-state index >= 15 is 0 Å². The highest BCUT2D eigenvalue weighted by atomic mass is 35.6. The average molecular weight is 357 g/mol. The molecule has 0 rings (SSSR count). The third kappa shape index (κ3) is 19.1. The Balaban J connectivity index is 2.99. The first-order valence-electron chi connectivity index (χ1n) is 8.27. The van der Waals surface area contributed by atoms with Gasteiger partial charge in [0.1, 0.15) is 0 Å². The largest absolute Gasteiger partial charge is 0.190 e. The van der Waals surface area contributed by atoms with Crippen LogP contribution in [0.5, 0.6) is 0 Å². The number of unbranched alkanes of at least 4 members (excludes halogenated alkanes) is 12. The zero-order chi connectivity index (χ0) is 15.1. The summed E-state index contributed by atoms with van der Waals surface area (Å²) in [5, 5.41) is 0. The van der Waals surface area contributed by atoms with Crippen molar-refractivity contribution in [2.75, 3.05) is 0 Å². The molecule has 0 fully saturated rings. The fourth-order valence-corrected chi connectivity index (χ4v) is 3.05. The van der Waals surface area contributed by atoms with Crippen LogP contribution < -0.4 is 0 Å². The quantitative estimate of drug-likeness (QED) is 0.173. The SMILES string of the molecule is [Si]CCCCCCCCCCCCCCCC(Cl)(Cl)Cl. The second-order valence-electron chi connectivity index (χ2n) is 5.71. The highest BCUT2D eigenvalue weighted by Crippen LogP contribution is 2.32. The van der Waals surface area contributed by atoms with Gasteiger partial charge in [0.15, 0.2) is 3.79 Å². The van der Waals surface area contributed by atoms with Crippen LogP contribution in [0.4, 0.5) is 0 Å². The van der Waals surface area contributed by atoms with Crippen LogP contribution in [0.3, 0.4) is 0 Å². The first-order chi connectivity index (χ1) is 9.56. The minimum absolute atomic E-state index is 0.687. The molecule has 0 atom stereocenters. The molecular formula is C16H30Cl3Si. The van der Waals surface area contributed by atoms with E-state index in [1.54, 1.807) is 0 Å². The van der Waals surface area contributed by atoms with Crippen LogP contribution in [0.25, 0.3) is 0 Å². The molecule has 0 amide bonds. The Hall–Kier alpha value is 1.09. The molecular weight excluding hydrogens is 327 g/mol. The maximum atomic E-state index is 5.71. The van der Waals surface area contributed by atoms with E-state index in [1.807, 2.05) is 0 Å². The molecule has 0 heterocycles. The van der Waals surface area contributed by atoms with Crippen LogP contribution >= 0.6 is 34.8 Å². The second-order valence-corrected chi connectivity index (χ2v) is 8.73. The lowest BCUT2D eigenvalue weighted by atomic mass is 10.0. The van der Waals surface area contributed by atoms with Crippen molar-refractivity contribution in [2.24, 2.45) is 0 Å². The molecule has 3 radical (unpaired) electrons.